The Morgan fingerprint density at radius 1 is 1.44 bits per heavy atom. The number of rotatable bonds is 4. The molecule has 1 rings (SSSR count). The van der Waals surface area contributed by atoms with Gasteiger partial charge in [0.15, 0.2) is 0 Å². The molecule has 88 valence electrons. The highest BCUT2D eigenvalue weighted by atomic mass is 19.1. The van der Waals surface area contributed by atoms with Crippen molar-refractivity contribution in [3.8, 4) is 0 Å². The molecule has 1 aromatic rings. The van der Waals surface area contributed by atoms with Crippen molar-refractivity contribution < 1.29 is 18.8 Å². The van der Waals surface area contributed by atoms with Crippen LogP contribution in [0.25, 0.3) is 0 Å². The minimum absolute atomic E-state index is 0.232. The molecule has 16 heavy (non-hydrogen) atoms. The zero-order valence-electron chi connectivity index (χ0n) is 9.46. The molecule has 4 nitrogen and oxygen atoms in total. The summed E-state index contributed by atoms with van der Waals surface area (Å²) in [7, 11) is 2.73. The second kappa shape index (κ2) is 5.58. The van der Waals surface area contributed by atoms with Crippen LogP contribution in [0.3, 0.4) is 0 Å². The number of halogens is 1. The standard InChI is InChI=1S/C11H14FNO3/c1-7-9(11(14)15-2)4-8(5-10(7)12)6-13-16-3/h4-5,13H,6H2,1-3H3. The number of nitrogens with one attached hydrogen (secondary N) is 1. The smallest absolute Gasteiger partial charge is 0.338 e. The molecule has 0 aliphatic carbocycles. The predicted octanol–water partition coefficient (Wildman–Crippen LogP) is 1.57. The van der Waals surface area contributed by atoms with Crippen molar-refractivity contribution in [1.29, 1.82) is 0 Å². The maximum absolute atomic E-state index is 13.5. The van der Waals surface area contributed by atoms with Gasteiger partial charge in [-0.2, -0.15) is 5.48 Å². The highest BCUT2D eigenvalue weighted by Gasteiger charge is 2.14. The number of hydrogen-bond donors (Lipinski definition) is 1. The van der Waals surface area contributed by atoms with Crippen molar-refractivity contribution >= 4 is 5.97 Å². The summed E-state index contributed by atoms with van der Waals surface area (Å²) in [5, 5.41) is 0. The van der Waals surface area contributed by atoms with E-state index in [1.54, 1.807) is 6.07 Å². The fourth-order valence-corrected chi connectivity index (χ4v) is 1.31. The predicted molar refractivity (Wildman–Crippen MR) is 56.3 cm³/mol. The maximum Gasteiger partial charge on any atom is 0.338 e. The molecular formula is C11H14FNO3. The fraction of sp³-hybridized carbons (Fsp3) is 0.364. The molecule has 0 bridgehead atoms. The van der Waals surface area contributed by atoms with Crippen LogP contribution in [-0.2, 0) is 16.1 Å². The molecule has 1 aromatic carbocycles. The van der Waals surface area contributed by atoms with Gasteiger partial charge in [-0.1, -0.05) is 0 Å². The lowest BCUT2D eigenvalue weighted by molar-refractivity contribution is 0.0598. The van der Waals surface area contributed by atoms with Crippen LogP contribution in [-0.4, -0.2) is 20.2 Å². The molecule has 1 N–H and O–H groups in total. The Balaban J connectivity index is 3.06. The average molecular weight is 227 g/mol. The average Bonchev–Trinajstić information content (AvgIpc) is 2.29. The van der Waals surface area contributed by atoms with Crippen LogP contribution in [0.2, 0.25) is 0 Å². The normalized spacial score (nSPS) is 10.2. The third kappa shape index (κ3) is 2.77. The lowest BCUT2D eigenvalue weighted by Crippen LogP contribution is -2.13. The number of carbonyl (C=O) groups is 1. The Hall–Kier alpha value is -1.46. The summed E-state index contributed by atoms with van der Waals surface area (Å²) in [5.74, 6) is -0.980. The molecule has 0 radical (unpaired) electrons. The number of hydroxylamine groups is 1. The number of esters is 1. The molecular weight excluding hydrogens is 213 g/mol. The summed E-state index contributed by atoms with van der Waals surface area (Å²) in [6, 6.07) is 2.93. The number of ether oxygens (including phenoxy) is 1. The molecule has 0 aromatic heterocycles. The quantitative estimate of drug-likeness (QED) is 0.626. The van der Waals surface area contributed by atoms with Gasteiger partial charge in [-0.05, 0) is 30.2 Å². The van der Waals surface area contributed by atoms with Crippen molar-refractivity contribution in [2.75, 3.05) is 14.2 Å². The van der Waals surface area contributed by atoms with E-state index in [1.165, 1.54) is 27.2 Å². The van der Waals surface area contributed by atoms with Gasteiger partial charge in [0.1, 0.15) is 5.82 Å². The fourth-order valence-electron chi connectivity index (χ4n) is 1.31. The van der Waals surface area contributed by atoms with Crippen molar-refractivity contribution in [3.05, 3.63) is 34.6 Å². The van der Waals surface area contributed by atoms with Crippen LogP contribution in [0.5, 0.6) is 0 Å². The van der Waals surface area contributed by atoms with Crippen molar-refractivity contribution in [2.45, 2.75) is 13.5 Å². The third-order valence-electron chi connectivity index (χ3n) is 2.23. The van der Waals surface area contributed by atoms with E-state index in [1.807, 2.05) is 0 Å². The highest BCUT2D eigenvalue weighted by molar-refractivity contribution is 5.91. The van der Waals surface area contributed by atoms with Gasteiger partial charge in [0, 0.05) is 6.54 Å². The van der Waals surface area contributed by atoms with E-state index in [0.29, 0.717) is 12.1 Å². The van der Waals surface area contributed by atoms with Gasteiger partial charge in [0.2, 0.25) is 0 Å². The molecule has 0 aliphatic heterocycles. The van der Waals surface area contributed by atoms with Crippen molar-refractivity contribution in [2.24, 2.45) is 0 Å². The van der Waals surface area contributed by atoms with Crippen LogP contribution < -0.4 is 5.48 Å². The molecule has 0 saturated heterocycles. The second-order valence-corrected chi connectivity index (χ2v) is 3.27. The van der Waals surface area contributed by atoms with E-state index >= 15 is 0 Å². The molecule has 0 amide bonds. The molecule has 0 saturated carbocycles. The van der Waals surface area contributed by atoms with Gasteiger partial charge in [0.25, 0.3) is 0 Å². The van der Waals surface area contributed by atoms with Gasteiger partial charge in [-0.3, -0.25) is 0 Å². The molecule has 0 atom stereocenters. The first-order chi connectivity index (χ1) is 7.60. The van der Waals surface area contributed by atoms with E-state index in [9.17, 15) is 9.18 Å². The summed E-state index contributed by atoms with van der Waals surface area (Å²) in [4.78, 5) is 16.0. The lowest BCUT2D eigenvalue weighted by Gasteiger charge is -2.08. The van der Waals surface area contributed by atoms with E-state index in [2.05, 4.69) is 15.1 Å². The second-order valence-electron chi connectivity index (χ2n) is 3.27. The largest absolute Gasteiger partial charge is 0.465 e. The van der Waals surface area contributed by atoms with Gasteiger partial charge in [0.05, 0.1) is 19.8 Å². The van der Waals surface area contributed by atoms with E-state index in [4.69, 9.17) is 0 Å². The Labute approximate surface area is 93.3 Å². The highest BCUT2D eigenvalue weighted by Crippen LogP contribution is 2.16. The zero-order chi connectivity index (χ0) is 12.1. The lowest BCUT2D eigenvalue weighted by atomic mass is 10.0. The molecule has 5 heteroatoms. The van der Waals surface area contributed by atoms with Crippen LogP contribution in [0.15, 0.2) is 12.1 Å². The van der Waals surface area contributed by atoms with Gasteiger partial charge in [-0.25, -0.2) is 9.18 Å². The Bertz CT molecular complexity index is 393. The minimum atomic E-state index is -0.546. The monoisotopic (exact) mass is 227 g/mol. The molecule has 0 fully saturated rings. The summed E-state index contributed by atoms with van der Waals surface area (Å²) < 4.78 is 18.1. The van der Waals surface area contributed by atoms with Crippen LogP contribution in [0, 0.1) is 12.7 Å². The molecule has 0 heterocycles. The summed E-state index contributed by atoms with van der Waals surface area (Å²) in [5.41, 5.74) is 3.71. The third-order valence-corrected chi connectivity index (χ3v) is 2.23. The minimum Gasteiger partial charge on any atom is -0.465 e. The van der Waals surface area contributed by atoms with Crippen LogP contribution in [0.1, 0.15) is 21.5 Å². The SMILES string of the molecule is CONCc1cc(F)c(C)c(C(=O)OC)c1. The summed E-state index contributed by atoms with van der Waals surface area (Å²) in [6.45, 7) is 1.85. The first kappa shape index (κ1) is 12.6. The maximum atomic E-state index is 13.5. The first-order valence-corrected chi connectivity index (χ1v) is 4.73. The van der Waals surface area contributed by atoms with Gasteiger partial charge < -0.3 is 9.57 Å². The molecule has 0 aliphatic rings. The van der Waals surface area contributed by atoms with Crippen LogP contribution >= 0.6 is 0 Å². The number of benzene rings is 1. The molecule has 0 spiro atoms. The number of carbonyl (C=O) groups excluding carboxylic acids is 1. The van der Waals surface area contributed by atoms with Crippen LogP contribution in [0.4, 0.5) is 4.39 Å². The topological polar surface area (TPSA) is 47.6 Å². The first-order valence-electron chi connectivity index (χ1n) is 4.73. The van der Waals surface area contributed by atoms with Crippen molar-refractivity contribution in [1.82, 2.24) is 5.48 Å². The van der Waals surface area contributed by atoms with E-state index in [-0.39, 0.29) is 11.1 Å². The van der Waals surface area contributed by atoms with Gasteiger partial charge in [-0.15, -0.1) is 0 Å². The van der Waals surface area contributed by atoms with E-state index in [0.717, 1.165) is 0 Å². The van der Waals surface area contributed by atoms with E-state index < -0.39 is 11.8 Å². The van der Waals surface area contributed by atoms with Gasteiger partial charge >= 0.3 is 5.97 Å². The Morgan fingerprint density at radius 2 is 2.12 bits per heavy atom. The zero-order valence-corrected chi connectivity index (χ0v) is 9.46. The molecule has 0 unspecified atom stereocenters. The summed E-state index contributed by atoms with van der Waals surface area (Å²) >= 11 is 0. The number of methoxy groups -OCH3 is 1. The summed E-state index contributed by atoms with van der Waals surface area (Å²) in [6.07, 6.45) is 0. The van der Waals surface area contributed by atoms with Crippen molar-refractivity contribution in [3.63, 3.8) is 0 Å². The Morgan fingerprint density at radius 3 is 2.69 bits per heavy atom. The number of hydrogen-bond acceptors (Lipinski definition) is 4. The Kier molecular flexibility index (Phi) is 4.39.